The van der Waals surface area contributed by atoms with Gasteiger partial charge in [-0.25, -0.2) is 4.39 Å². The van der Waals surface area contributed by atoms with Crippen molar-refractivity contribution in [2.45, 2.75) is 13.5 Å². The molecule has 3 rings (SSSR count). The average Bonchev–Trinajstić information content (AvgIpc) is 2.84. The van der Waals surface area contributed by atoms with Gasteiger partial charge in [0.05, 0.1) is 11.5 Å². The Morgan fingerprint density at radius 3 is 2.54 bits per heavy atom. The highest BCUT2D eigenvalue weighted by atomic mass is 35.5. The van der Waals surface area contributed by atoms with Gasteiger partial charge in [0.15, 0.2) is 11.5 Å². The molecular weight excluding hydrogens is 477 g/mol. The van der Waals surface area contributed by atoms with Crippen molar-refractivity contribution < 1.29 is 23.6 Å². The summed E-state index contributed by atoms with van der Waals surface area (Å²) in [5.41, 5.74) is 0.462. The van der Waals surface area contributed by atoms with Gasteiger partial charge in [0, 0.05) is 11.1 Å². The van der Waals surface area contributed by atoms with Gasteiger partial charge in [0.2, 0.25) is 0 Å². The summed E-state index contributed by atoms with van der Waals surface area (Å²) in [6, 6.07) is 16.3. The van der Waals surface area contributed by atoms with Gasteiger partial charge in [-0.15, -0.1) is 0 Å². The number of rotatable bonds is 9. The second-order valence-corrected chi connectivity index (χ2v) is 7.53. The summed E-state index contributed by atoms with van der Waals surface area (Å²) in [5.74, 6) is -0.363. The van der Waals surface area contributed by atoms with Gasteiger partial charge in [-0.05, 0) is 60.5 Å². The summed E-state index contributed by atoms with van der Waals surface area (Å²) < 4.78 is 24.5. The van der Waals surface area contributed by atoms with E-state index in [2.05, 4.69) is 5.32 Å². The molecule has 0 saturated carbocycles. The second-order valence-electron chi connectivity index (χ2n) is 7.10. The minimum atomic E-state index is -0.826. The number of nitro groups is 1. The molecule has 0 spiro atoms. The molecule has 0 saturated heterocycles. The lowest BCUT2D eigenvalue weighted by molar-refractivity contribution is -0.383. The first-order valence-electron chi connectivity index (χ1n) is 10.3. The maximum absolute atomic E-state index is 13.1. The minimum Gasteiger partial charge on any atom is -0.490 e. The van der Waals surface area contributed by atoms with Gasteiger partial charge in [0.25, 0.3) is 11.6 Å². The Morgan fingerprint density at radius 1 is 1.14 bits per heavy atom. The highest BCUT2D eigenvalue weighted by Gasteiger charge is 2.19. The predicted molar refractivity (Wildman–Crippen MR) is 129 cm³/mol. The average molecular weight is 496 g/mol. The third-order valence-corrected chi connectivity index (χ3v) is 4.89. The maximum atomic E-state index is 13.1. The van der Waals surface area contributed by atoms with E-state index >= 15 is 0 Å². The van der Waals surface area contributed by atoms with Gasteiger partial charge in [0.1, 0.15) is 29.8 Å². The monoisotopic (exact) mass is 495 g/mol. The number of hydrogen-bond acceptors (Lipinski definition) is 6. The lowest BCUT2D eigenvalue weighted by Crippen LogP contribution is -2.14. The topological polar surface area (TPSA) is 114 Å². The first kappa shape index (κ1) is 25.2. The largest absolute Gasteiger partial charge is 0.490 e. The highest BCUT2D eigenvalue weighted by molar-refractivity contribution is 6.31. The Balaban J connectivity index is 1.81. The van der Waals surface area contributed by atoms with Crippen LogP contribution in [0.5, 0.6) is 11.5 Å². The first-order valence-corrected chi connectivity index (χ1v) is 10.7. The molecule has 3 aromatic carbocycles. The van der Waals surface area contributed by atoms with E-state index in [1.165, 1.54) is 30.3 Å². The van der Waals surface area contributed by atoms with Crippen molar-refractivity contribution in [2.75, 3.05) is 11.9 Å². The van der Waals surface area contributed by atoms with Crippen molar-refractivity contribution in [2.24, 2.45) is 0 Å². The lowest BCUT2D eigenvalue weighted by Gasteiger charge is -2.13. The van der Waals surface area contributed by atoms with E-state index in [1.54, 1.807) is 43.3 Å². The summed E-state index contributed by atoms with van der Waals surface area (Å²) >= 11 is 5.79. The van der Waals surface area contributed by atoms with Gasteiger partial charge in [-0.3, -0.25) is 14.9 Å². The summed E-state index contributed by atoms with van der Waals surface area (Å²) in [7, 11) is 0. The lowest BCUT2D eigenvalue weighted by atomic mass is 10.1. The fourth-order valence-electron chi connectivity index (χ4n) is 3.01. The fraction of sp³-hybridized carbons (Fsp3) is 0.120. The van der Waals surface area contributed by atoms with Crippen LogP contribution in [-0.2, 0) is 11.4 Å². The molecule has 3 aromatic rings. The number of nitrogens with zero attached hydrogens (tertiary/aromatic N) is 2. The van der Waals surface area contributed by atoms with Gasteiger partial charge < -0.3 is 14.8 Å². The van der Waals surface area contributed by atoms with Crippen LogP contribution in [0.25, 0.3) is 6.08 Å². The van der Waals surface area contributed by atoms with E-state index in [4.69, 9.17) is 21.1 Å². The summed E-state index contributed by atoms with van der Waals surface area (Å²) in [6.45, 7) is 2.31. The molecule has 178 valence electrons. The molecule has 0 heterocycles. The molecule has 8 nitrogen and oxygen atoms in total. The summed E-state index contributed by atoms with van der Waals surface area (Å²) in [4.78, 5) is 23.2. The normalized spacial score (nSPS) is 10.9. The van der Waals surface area contributed by atoms with Crippen LogP contribution in [-0.4, -0.2) is 17.4 Å². The minimum absolute atomic E-state index is 0.0925. The molecule has 0 aromatic heterocycles. The van der Waals surface area contributed by atoms with E-state index in [1.807, 2.05) is 0 Å². The Morgan fingerprint density at radius 2 is 1.89 bits per heavy atom. The Bertz CT molecular complexity index is 1320. The molecule has 0 atom stereocenters. The van der Waals surface area contributed by atoms with Crippen LogP contribution in [0.15, 0.2) is 66.2 Å². The van der Waals surface area contributed by atoms with Crippen molar-refractivity contribution >= 4 is 35.0 Å². The Hall–Kier alpha value is -4.42. The van der Waals surface area contributed by atoms with E-state index in [0.717, 1.165) is 11.6 Å². The smallest absolute Gasteiger partial charge is 0.294 e. The fourth-order valence-corrected chi connectivity index (χ4v) is 3.18. The molecule has 0 radical (unpaired) electrons. The molecule has 0 fully saturated rings. The number of amides is 1. The number of nitrogens with one attached hydrogen (secondary N) is 1. The zero-order chi connectivity index (χ0) is 25.4. The van der Waals surface area contributed by atoms with E-state index in [-0.39, 0.29) is 28.7 Å². The van der Waals surface area contributed by atoms with E-state index in [9.17, 15) is 24.6 Å². The molecule has 10 heteroatoms. The number of carbonyl (C=O) groups excluding carboxylic acids is 1. The van der Waals surface area contributed by atoms with Crippen molar-refractivity contribution in [3.8, 4) is 17.6 Å². The van der Waals surface area contributed by atoms with Crippen LogP contribution < -0.4 is 14.8 Å². The number of carbonyl (C=O) groups is 1. The molecule has 1 N–H and O–H groups in total. The number of anilines is 1. The van der Waals surface area contributed by atoms with E-state index in [0.29, 0.717) is 23.7 Å². The molecule has 0 unspecified atom stereocenters. The standard InChI is InChI=1S/C25H19ClFN3O5/c1-2-34-24-12-17(5-10-23(24)35-15-16-3-7-20(27)8-4-16)11-18(14-28)25(31)29-21-9-6-19(26)13-22(21)30(32)33/h3-13H,2,15H2,1H3,(H,29,31). The predicted octanol–water partition coefficient (Wildman–Crippen LogP) is 5.91. The zero-order valence-corrected chi connectivity index (χ0v) is 19.2. The summed E-state index contributed by atoms with van der Waals surface area (Å²) in [6.07, 6.45) is 1.32. The van der Waals surface area contributed by atoms with Gasteiger partial charge in [-0.1, -0.05) is 29.8 Å². The van der Waals surface area contributed by atoms with Crippen LogP contribution >= 0.6 is 11.6 Å². The number of nitriles is 1. The zero-order valence-electron chi connectivity index (χ0n) is 18.5. The van der Waals surface area contributed by atoms with Crippen molar-refractivity contribution in [1.29, 1.82) is 5.26 Å². The van der Waals surface area contributed by atoms with Crippen LogP contribution in [0.3, 0.4) is 0 Å². The van der Waals surface area contributed by atoms with Crippen LogP contribution in [0, 0.1) is 27.3 Å². The molecule has 0 bridgehead atoms. The number of benzene rings is 3. The number of nitro benzene ring substituents is 1. The van der Waals surface area contributed by atoms with Crippen LogP contribution in [0.2, 0.25) is 5.02 Å². The second kappa shape index (κ2) is 11.6. The van der Waals surface area contributed by atoms with Crippen molar-refractivity contribution in [3.05, 3.63) is 98.3 Å². The van der Waals surface area contributed by atoms with Crippen LogP contribution in [0.4, 0.5) is 15.8 Å². The number of ether oxygens (including phenoxy) is 2. The molecule has 0 aliphatic carbocycles. The number of hydrogen-bond donors (Lipinski definition) is 1. The molecule has 1 amide bonds. The molecule has 0 aliphatic rings. The van der Waals surface area contributed by atoms with Gasteiger partial charge >= 0.3 is 0 Å². The van der Waals surface area contributed by atoms with E-state index < -0.39 is 16.5 Å². The molecule has 35 heavy (non-hydrogen) atoms. The quantitative estimate of drug-likeness (QED) is 0.171. The Labute approximate surface area is 205 Å². The SMILES string of the molecule is CCOc1cc(C=C(C#N)C(=O)Nc2ccc(Cl)cc2[N+](=O)[O-])ccc1OCc1ccc(F)cc1. The third kappa shape index (κ3) is 6.79. The summed E-state index contributed by atoms with van der Waals surface area (Å²) in [5, 5.41) is 23.3. The van der Waals surface area contributed by atoms with Crippen molar-refractivity contribution in [1.82, 2.24) is 0 Å². The molecule has 0 aliphatic heterocycles. The first-order chi connectivity index (χ1) is 16.8. The highest BCUT2D eigenvalue weighted by Crippen LogP contribution is 2.31. The van der Waals surface area contributed by atoms with Crippen LogP contribution in [0.1, 0.15) is 18.1 Å². The maximum Gasteiger partial charge on any atom is 0.294 e. The van der Waals surface area contributed by atoms with Crippen molar-refractivity contribution in [3.63, 3.8) is 0 Å². The molecular formula is C25H19ClFN3O5. The third-order valence-electron chi connectivity index (χ3n) is 4.66. The van der Waals surface area contributed by atoms with Gasteiger partial charge in [-0.2, -0.15) is 5.26 Å². The Kier molecular flexibility index (Phi) is 8.38. The number of halogens is 2.